The molecule has 0 N–H and O–H groups in total. The van der Waals surface area contributed by atoms with Gasteiger partial charge in [-0.2, -0.15) is 0 Å². The standard InChI is InChI=1S/C69H120O5/c1-4-7-10-13-16-19-22-25-28-31-34-37-40-43-46-49-52-55-58-61-64-72-65-67(74-69(71)63-60-57-54-51-48-45-42-39-36-33-30-27-24-21-18-15-12-9-6-3)66-73-68(70)62-59-56-53-50-47-44-41-38-35-32-29-26-23-20-17-14-11-8-5-2/h7-8,10-11,16-17,19-20,25-26,28-29,34-35,37-38,67H,4-6,9,12-15,18,21-24,27,30-33,36,39-66H2,1-3H3/b10-7-,11-8-,19-16-,20-17-,28-25-,29-26-,37-34-,38-35-. The van der Waals surface area contributed by atoms with Crippen LogP contribution < -0.4 is 0 Å². The molecule has 0 aromatic heterocycles. The summed E-state index contributed by atoms with van der Waals surface area (Å²) in [5.41, 5.74) is 0. The Kier molecular flexibility index (Phi) is 61.4. The van der Waals surface area contributed by atoms with Crippen molar-refractivity contribution in [3.8, 4) is 0 Å². The van der Waals surface area contributed by atoms with Gasteiger partial charge in [0.25, 0.3) is 0 Å². The number of esters is 2. The monoisotopic (exact) mass is 1030 g/mol. The minimum absolute atomic E-state index is 0.0714. The third kappa shape index (κ3) is 61.4. The third-order valence-electron chi connectivity index (χ3n) is 13.6. The van der Waals surface area contributed by atoms with Gasteiger partial charge in [-0.15, -0.1) is 0 Å². The van der Waals surface area contributed by atoms with Gasteiger partial charge >= 0.3 is 11.9 Å². The molecule has 0 fully saturated rings. The molecular formula is C69H120O5. The Labute approximate surface area is 460 Å². The highest BCUT2D eigenvalue weighted by Gasteiger charge is 2.17. The second kappa shape index (κ2) is 64.1. The van der Waals surface area contributed by atoms with E-state index >= 15 is 0 Å². The molecule has 0 saturated carbocycles. The van der Waals surface area contributed by atoms with E-state index in [-0.39, 0.29) is 25.2 Å². The summed E-state index contributed by atoms with van der Waals surface area (Å²) >= 11 is 0. The molecule has 0 saturated heterocycles. The number of ether oxygens (including phenoxy) is 3. The first-order valence-electron chi connectivity index (χ1n) is 31.8. The molecule has 5 nitrogen and oxygen atoms in total. The maximum absolute atomic E-state index is 12.9. The van der Waals surface area contributed by atoms with Gasteiger partial charge in [-0.05, 0) is 96.3 Å². The predicted molar refractivity (Wildman–Crippen MR) is 325 cm³/mol. The zero-order valence-corrected chi connectivity index (χ0v) is 49.1. The van der Waals surface area contributed by atoms with Crippen molar-refractivity contribution >= 4 is 11.9 Å². The summed E-state index contributed by atoms with van der Waals surface area (Å²) in [5, 5.41) is 0. The average molecular weight is 1030 g/mol. The maximum atomic E-state index is 12.9. The van der Waals surface area contributed by atoms with Crippen LogP contribution in [0, 0.1) is 0 Å². The summed E-state index contributed by atoms with van der Waals surface area (Å²) in [6.07, 6.45) is 87.3. The summed E-state index contributed by atoms with van der Waals surface area (Å²) in [4.78, 5) is 25.6. The number of hydrogen-bond acceptors (Lipinski definition) is 5. The van der Waals surface area contributed by atoms with Crippen molar-refractivity contribution < 1.29 is 23.8 Å². The molecule has 0 rings (SSSR count). The van der Waals surface area contributed by atoms with E-state index < -0.39 is 6.10 Å². The minimum atomic E-state index is -0.554. The SMILES string of the molecule is CC/C=C\C/C=C\C/C=C\C/C=C\CCCCCCCCCOCC(COC(=O)CCCCCCCC/C=C\C/C=C\C/C=C\C/C=C\CC)OC(=O)CCCCCCCCCCCCCCCCCCCCC. The molecule has 0 aromatic carbocycles. The Balaban J connectivity index is 4.32. The molecule has 0 radical (unpaired) electrons. The van der Waals surface area contributed by atoms with E-state index in [0.717, 1.165) is 103 Å². The van der Waals surface area contributed by atoms with Gasteiger partial charge in [0.2, 0.25) is 0 Å². The molecule has 0 bridgehead atoms. The molecule has 0 aromatic rings. The van der Waals surface area contributed by atoms with E-state index in [2.05, 4.69) is 118 Å². The highest BCUT2D eigenvalue weighted by Crippen LogP contribution is 2.16. The van der Waals surface area contributed by atoms with Crippen LogP contribution in [-0.2, 0) is 23.8 Å². The molecular weight excluding hydrogens is 909 g/mol. The van der Waals surface area contributed by atoms with Crippen LogP contribution in [0.3, 0.4) is 0 Å². The van der Waals surface area contributed by atoms with E-state index in [9.17, 15) is 9.59 Å². The van der Waals surface area contributed by atoms with Crippen molar-refractivity contribution in [3.63, 3.8) is 0 Å². The lowest BCUT2D eigenvalue weighted by atomic mass is 10.0. The normalized spacial score (nSPS) is 12.9. The molecule has 0 aliphatic carbocycles. The van der Waals surface area contributed by atoms with Gasteiger partial charge in [0.05, 0.1) is 6.61 Å². The molecule has 0 aliphatic rings. The molecule has 426 valence electrons. The van der Waals surface area contributed by atoms with Crippen molar-refractivity contribution in [2.45, 2.75) is 309 Å². The highest BCUT2D eigenvalue weighted by atomic mass is 16.6. The van der Waals surface area contributed by atoms with E-state index in [4.69, 9.17) is 14.2 Å². The van der Waals surface area contributed by atoms with E-state index in [1.807, 2.05) is 0 Å². The second-order valence-corrected chi connectivity index (χ2v) is 20.9. The average Bonchev–Trinajstić information content (AvgIpc) is 3.40. The van der Waals surface area contributed by atoms with Gasteiger partial charge in [-0.25, -0.2) is 0 Å². The van der Waals surface area contributed by atoms with Crippen molar-refractivity contribution in [2.75, 3.05) is 19.8 Å². The maximum Gasteiger partial charge on any atom is 0.306 e. The van der Waals surface area contributed by atoms with Crippen LogP contribution in [0.5, 0.6) is 0 Å². The largest absolute Gasteiger partial charge is 0.462 e. The fourth-order valence-corrected chi connectivity index (χ4v) is 8.97. The number of carbonyl (C=O) groups excluding carboxylic acids is 2. The Hall–Kier alpha value is -3.18. The fraction of sp³-hybridized carbons (Fsp3) is 0.739. The van der Waals surface area contributed by atoms with Crippen LogP contribution in [0.1, 0.15) is 303 Å². The number of unbranched alkanes of at least 4 members (excludes halogenated alkanes) is 31. The molecule has 0 spiro atoms. The summed E-state index contributed by atoms with van der Waals surface area (Å²) in [5.74, 6) is -0.409. The van der Waals surface area contributed by atoms with Crippen LogP contribution in [0.25, 0.3) is 0 Å². The summed E-state index contributed by atoms with van der Waals surface area (Å²) < 4.78 is 17.5. The molecule has 1 unspecified atom stereocenters. The first-order chi connectivity index (χ1) is 36.6. The van der Waals surface area contributed by atoms with Gasteiger partial charge in [0, 0.05) is 19.4 Å². The van der Waals surface area contributed by atoms with Gasteiger partial charge < -0.3 is 14.2 Å². The van der Waals surface area contributed by atoms with Crippen LogP contribution in [0.2, 0.25) is 0 Å². The zero-order chi connectivity index (χ0) is 53.4. The number of rotatable bonds is 58. The molecule has 0 heterocycles. The molecule has 0 amide bonds. The van der Waals surface area contributed by atoms with Gasteiger partial charge in [0.15, 0.2) is 6.10 Å². The van der Waals surface area contributed by atoms with Gasteiger partial charge in [-0.3, -0.25) is 9.59 Å². The third-order valence-corrected chi connectivity index (χ3v) is 13.6. The van der Waals surface area contributed by atoms with Crippen LogP contribution in [0.4, 0.5) is 0 Å². The van der Waals surface area contributed by atoms with E-state index in [1.54, 1.807) is 0 Å². The molecule has 5 heteroatoms. The summed E-state index contributed by atoms with van der Waals surface area (Å²) in [6.45, 7) is 7.61. The zero-order valence-electron chi connectivity index (χ0n) is 49.1. The van der Waals surface area contributed by atoms with Crippen molar-refractivity contribution in [1.29, 1.82) is 0 Å². The van der Waals surface area contributed by atoms with Gasteiger partial charge in [-0.1, -0.05) is 291 Å². The number of carbonyl (C=O) groups is 2. The minimum Gasteiger partial charge on any atom is -0.462 e. The van der Waals surface area contributed by atoms with Crippen molar-refractivity contribution in [2.24, 2.45) is 0 Å². The summed E-state index contributed by atoms with van der Waals surface area (Å²) in [6, 6.07) is 0. The van der Waals surface area contributed by atoms with Crippen LogP contribution in [-0.4, -0.2) is 37.9 Å². The number of allylic oxidation sites excluding steroid dienone is 16. The van der Waals surface area contributed by atoms with Crippen molar-refractivity contribution in [1.82, 2.24) is 0 Å². The van der Waals surface area contributed by atoms with Crippen LogP contribution in [0.15, 0.2) is 97.2 Å². The lowest BCUT2D eigenvalue weighted by Gasteiger charge is -2.18. The number of hydrogen-bond donors (Lipinski definition) is 0. The summed E-state index contributed by atoms with van der Waals surface area (Å²) in [7, 11) is 0. The Morgan fingerprint density at radius 1 is 0.311 bits per heavy atom. The topological polar surface area (TPSA) is 61.8 Å². The Bertz CT molecular complexity index is 1400. The lowest BCUT2D eigenvalue weighted by Crippen LogP contribution is -2.30. The van der Waals surface area contributed by atoms with Crippen molar-refractivity contribution in [3.05, 3.63) is 97.2 Å². The second-order valence-electron chi connectivity index (χ2n) is 20.9. The molecule has 74 heavy (non-hydrogen) atoms. The first-order valence-corrected chi connectivity index (χ1v) is 31.8. The van der Waals surface area contributed by atoms with E-state index in [1.165, 1.54) is 167 Å². The highest BCUT2D eigenvalue weighted by molar-refractivity contribution is 5.70. The Morgan fingerprint density at radius 3 is 0.973 bits per heavy atom. The molecule has 1 atom stereocenters. The first kappa shape index (κ1) is 70.8. The fourth-order valence-electron chi connectivity index (χ4n) is 8.97. The lowest BCUT2D eigenvalue weighted by molar-refractivity contribution is -0.163. The van der Waals surface area contributed by atoms with Crippen LogP contribution >= 0.6 is 0 Å². The molecule has 0 aliphatic heterocycles. The quantitative estimate of drug-likeness (QED) is 0.0345. The predicted octanol–water partition coefficient (Wildman–Crippen LogP) is 22.1. The smallest absolute Gasteiger partial charge is 0.306 e. The van der Waals surface area contributed by atoms with Gasteiger partial charge in [0.1, 0.15) is 6.61 Å². The Morgan fingerprint density at radius 2 is 0.608 bits per heavy atom. The van der Waals surface area contributed by atoms with E-state index in [0.29, 0.717) is 19.4 Å².